The number of ether oxygens (including phenoxy) is 2. The van der Waals surface area contributed by atoms with E-state index in [1.165, 1.54) is 36.9 Å². The predicted octanol–water partition coefficient (Wildman–Crippen LogP) is 5.51. The average Bonchev–Trinajstić information content (AvgIpc) is 3.34. The predicted molar refractivity (Wildman–Crippen MR) is 122 cm³/mol. The first-order valence-corrected chi connectivity index (χ1v) is 11.9. The van der Waals surface area contributed by atoms with Gasteiger partial charge in [-0.05, 0) is 56.4 Å². The van der Waals surface area contributed by atoms with Crippen molar-refractivity contribution < 1.29 is 19.1 Å². The van der Waals surface area contributed by atoms with Gasteiger partial charge in [0.05, 0.1) is 28.6 Å². The Morgan fingerprint density at radius 3 is 2.75 bits per heavy atom. The van der Waals surface area contributed by atoms with Gasteiger partial charge in [0.25, 0.3) is 5.91 Å². The molecule has 2 aliphatic rings. The number of aromatic nitrogens is 2. The molecule has 1 saturated heterocycles. The fourth-order valence-corrected chi connectivity index (χ4v) is 5.65. The Bertz CT molecular complexity index is 1190. The van der Waals surface area contributed by atoms with Gasteiger partial charge in [0.15, 0.2) is 6.61 Å². The molecule has 166 valence electrons. The van der Waals surface area contributed by atoms with Crippen LogP contribution in [0.1, 0.15) is 42.5 Å². The van der Waals surface area contributed by atoms with Gasteiger partial charge in [0.2, 0.25) is 0 Å². The van der Waals surface area contributed by atoms with Gasteiger partial charge >= 0.3 is 6.09 Å². The second-order valence-corrected chi connectivity index (χ2v) is 9.73. The van der Waals surface area contributed by atoms with Crippen LogP contribution in [-0.2, 0) is 16.1 Å². The summed E-state index contributed by atoms with van der Waals surface area (Å²) in [5.74, 6) is 0.460. The molecule has 0 bridgehead atoms. The quantitative estimate of drug-likeness (QED) is 0.488. The molecule has 2 amide bonds. The molecule has 7 nitrogen and oxygen atoms in total. The fraction of sp³-hybridized carbons (Fsp3) is 0.391. The van der Waals surface area contributed by atoms with Crippen molar-refractivity contribution in [2.24, 2.45) is 0 Å². The fourth-order valence-electron chi connectivity index (χ4n) is 4.28. The Morgan fingerprint density at radius 2 is 2.00 bits per heavy atom. The second kappa shape index (κ2) is 8.67. The number of imide groups is 1. The summed E-state index contributed by atoms with van der Waals surface area (Å²) in [5, 5.41) is 0.613. The molecule has 0 radical (unpaired) electrons. The minimum absolute atomic E-state index is 0.151. The highest BCUT2D eigenvalue weighted by Crippen LogP contribution is 2.41. The molecule has 0 spiro atoms. The van der Waals surface area contributed by atoms with Crippen molar-refractivity contribution in [1.82, 2.24) is 14.9 Å². The number of hydrogen-bond donors (Lipinski definition) is 0. The lowest BCUT2D eigenvalue weighted by atomic mass is 9.97. The van der Waals surface area contributed by atoms with Gasteiger partial charge in [0, 0.05) is 15.5 Å². The normalized spacial score (nSPS) is 17.2. The smallest absolute Gasteiger partial charge is 0.417 e. The molecular weight excluding hydrogens is 450 g/mol. The Morgan fingerprint density at radius 1 is 1.19 bits per heavy atom. The van der Waals surface area contributed by atoms with E-state index in [0.29, 0.717) is 5.02 Å². The van der Waals surface area contributed by atoms with Crippen molar-refractivity contribution in [3.05, 3.63) is 40.0 Å². The van der Waals surface area contributed by atoms with Gasteiger partial charge in [-0.25, -0.2) is 19.7 Å². The molecule has 3 heterocycles. The second-order valence-electron chi connectivity index (χ2n) is 8.16. The van der Waals surface area contributed by atoms with Crippen molar-refractivity contribution >= 4 is 45.2 Å². The zero-order valence-electron chi connectivity index (χ0n) is 17.6. The molecule has 32 heavy (non-hydrogen) atoms. The minimum atomic E-state index is -0.618. The topological polar surface area (TPSA) is 81.6 Å². The summed E-state index contributed by atoms with van der Waals surface area (Å²) < 4.78 is 12.2. The summed E-state index contributed by atoms with van der Waals surface area (Å²) in [6, 6.07) is 5.67. The van der Waals surface area contributed by atoms with Gasteiger partial charge in [-0.2, -0.15) is 0 Å². The number of aryl methyl sites for hydroxylation is 1. The van der Waals surface area contributed by atoms with Crippen LogP contribution in [0.4, 0.5) is 4.79 Å². The van der Waals surface area contributed by atoms with Gasteiger partial charge in [-0.15, -0.1) is 11.3 Å². The number of hydrogen-bond acceptors (Lipinski definition) is 7. The molecule has 2 aromatic heterocycles. The van der Waals surface area contributed by atoms with E-state index in [-0.39, 0.29) is 25.2 Å². The Labute approximate surface area is 194 Å². The molecule has 0 unspecified atom stereocenters. The van der Waals surface area contributed by atoms with E-state index in [2.05, 4.69) is 9.97 Å². The van der Waals surface area contributed by atoms with E-state index in [4.69, 9.17) is 21.1 Å². The lowest BCUT2D eigenvalue weighted by Crippen LogP contribution is -2.27. The minimum Gasteiger partial charge on any atom is -0.489 e. The third-order valence-electron chi connectivity index (χ3n) is 5.85. The maximum absolute atomic E-state index is 11.9. The molecule has 1 aliphatic carbocycles. The van der Waals surface area contributed by atoms with Crippen LogP contribution in [0, 0.1) is 6.92 Å². The third kappa shape index (κ3) is 4.04. The summed E-state index contributed by atoms with van der Waals surface area (Å²) in [5.41, 5.74) is 3.28. The van der Waals surface area contributed by atoms with Crippen LogP contribution >= 0.6 is 22.9 Å². The summed E-state index contributed by atoms with van der Waals surface area (Å²) >= 11 is 7.88. The molecule has 1 saturated carbocycles. The van der Waals surface area contributed by atoms with Crippen LogP contribution in [0.15, 0.2) is 24.5 Å². The summed E-state index contributed by atoms with van der Waals surface area (Å²) in [6.45, 7) is 1.94. The number of nitrogens with zero attached hydrogens (tertiary/aromatic N) is 3. The van der Waals surface area contributed by atoms with Gasteiger partial charge < -0.3 is 9.47 Å². The molecule has 5 rings (SSSR count). The van der Waals surface area contributed by atoms with Crippen LogP contribution in [0.3, 0.4) is 0 Å². The molecule has 9 heteroatoms. The standard InChI is InChI=1S/C23H22ClN3O4S/c1-13-7-14(24)8-17(21(13)31-15-5-3-2-4-6-15)20-22-18(25-12-26-20)9-16(32-22)10-27-19(28)11-30-23(27)29/h7-9,12,15H,2-6,10-11H2,1H3. The number of carbonyl (C=O) groups excluding carboxylic acids is 2. The van der Waals surface area contributed by atoms with Gasteiger partial charge in [-0.1, -0.05) is 18.0 Å². The first-order chi connectivity index (χ1) is 15.5. The highest BCUT2D eigenvalue weighted by Gasteiger charge is 2.31. The van der Waals surface area contributed by atoms with Crippen LogP contribution in [0.25, 0.3) is 21.5 Å². The maximum atomic E-state index is 11.9. The zero-order chi connectivity index (χ0) is 22.2. The Balaban J connectivity index is 1.55. The Kier molecular flexibility index (Phi) is 5.73. The third-order valence-corrected chi connectivity index (χ3v) is 7.18. The molecule has 2 fully saturated rings. The SMILES string of the molecule is Cc1cc(Cl)cc(-c2ncnc3cc(CN4C(=O)COC4=O)sc23)c1OC1CCCCC1. The van der Waals surface area contributed by atoms with E-state index >= 15 is 0 Å². The first-order valence-electron chi connectivity index (χ1n) is 10.7. The molecular formula is C23H22ClN3O4S. The van der Waals surface area contributed by atoms with Crippen molar-refractivity contribution in [2.75, 3.05) is 6.61 Å². The van der Waals surface area contributed by atoms with E-state index in [1.54, 1.807) is 0 Å². The largest absolute Gasteiger partial charge is 0.489 e. The number of amides is 2. The number of rotatable bonds is 5. The van der Waals surface area contributed by atoms with Crippen molar-refractivity contribution in [3.8, 4) is 17.0 Å². The van der Waals surface area contributed by atoms with Crippen LogP contribution in [0.2, 0.25) is 5.02 Å². The number of benzene rings is 1. The van der Waals surface area contributed by atoms with Crippen molar-refractivity contribution in [3.63, 3.8) is 0 Å². The Hall–Kier alpha value is -2.71. The van der Waals surface area contributed by atoms with E-state index in [1.807, 2.05) is 25.1 Å². The van der Waals surface area contributed by atoms with Crippen LogP contribution < -0.4 is 4.74 Å². The highest BCUT2D eigenvalue weighted by molar-refractivity contribution is 7.19. The lowest BCUT2D eigenvalue weighted by Gasteiger charge is -2.25. The maximum Gasteiger partial charge on any atom is 0.417 e. The summed E-state index contributed by atoms with van der Waals surface area (Å²) in [6.07, 6.45) is 6.78. The van der Waals surface area contributed by atoms with E-state index < -0.39 is 6.09 Å². The number of carbonyl (C=O) groups is 2. The molecule has 1 aliphatic heterocycles. The highest BCUT2D eigenvalue weighted by atomic mass is 35.5. The van der Waals surface area contributed by atoms with E-state index in [0.717, 1.165) is 55.4 Å². The van der Waals surface area contributed by atoms with Crippen molar-refractivity contribution in [1.29, 1.82) is 0 Å². The first kappa shape index (κ1) is 21.2. The molecule has 3 aromatic rings. The van der Waals surface area contributed by atoms with Crippen molar-refractivity contribution in [2.45, 2.75) is 51.7 Å². The van der Waals surface area contributed by atoms with Crippen LogP contribution in [0.5, 0.6) is 5.75 Å². The zero-order valence-corrected chi connectivity index (χ0v) is 19.2. The molecule has 0 atom stereocenters. The number of fused-ring (bicyclic) bond motifs is 1. The van der Waals surface area contributed by atoms with Gasteiger partial charge in [-0.3, -0.25) is 4.79 Å². The number of thiophene rings is 1. The van der Waals surface area contributed by atoms with Crippen LogP contribution in [-0.4, -0.2) is 39.6 Å². The number of halogens is 1. The van der Waals surface area contributed by atoms with Gasteiger partial charge in [0.1, 0.15) is 12.1 Å². The molecule has 0 N–H and O–H groups in total. The summed E-state index contributed by atoms with van der Waals surface area (Å²) in [4.78, 5) is 34.7. The average molecular weight is 472 g/mol. The van der Waals surface area contributed by atoms with E-state index in [9.17, 15) is 9.59 Å². The summed E-state index contributed by atoms with van der Waals surface area (Å²) in [7, 11) is 0. The monoisotopic (exact) mass is 471 g/mol. The molecule has 1 aromatic carbocycles. The lowest BCUT2D eigenvalue weighted by molar-refractivity contribution is -0.126. The number of cyclic esters (lactones) is 1.